The van der Waals surface area contributed by atoms with Gasteiger partial charge in [-0.05, 0) is 36.6 Å². The molecule has 4 rings (SSSR count). The minimum absolute atomic E-state index is 0.00316. The number of nitrogens with zero attached hydrogens (tertiary/aromatic N) is 2. The van der Waals surface area contributed by atoms with Crippen LogP contribution in [0, 0.1) is 5.92 Å². The van der Waals surface area contributed by atoms with Crippen molar-refractivity contribution in [3.05, 3.63) is 59.7 Å². The molecule has 1 aliphatic heterocycles. The summed E-state index contributed by atoms with van der Waals surface area (Å²) >= 11 is 1.30. The molecule has 3 aromatic rings. The van der Waals surface area contributed by atoms with Crippen LogP contribution in [-0.2, 0) is 22.8 Å². The lowest BCUT2D eigenvalue weighted by Crippen LogP contribution is -2.44. The van der Waals surface area contributed by atoms with E-state index in [0.29, 0.717) is 18.0 Å². The highest BCUT2D eigenvalue weighted by molar-refractivity contribution is 8.00. The Morgan fingerprint density at radius 1 is 1.18 bits per heavy atom. The summed E-state index contributed by atoms with van der Waals surface area (Å²) in [6.45, 7) is 4.48. The number of para-hydroxylation sites is 1. The molecule has 1 atom stereocenters. The van der Waals surface area contributed by atoms with Gasteiger partial charge in [0.05, 0.1) is 16.3 Å². The van der Waals surface area contributed by atoms with Gasteiger partial charge < -0.3 is 9.88 Å². The van der Waals surface area contributed by atoms with Crippen molar-refractivity contribution in [3.8, 4) is 0 Å². The van der Waals surface area contributed by atoms with E-state index in [9.17, 15) is 22.8 Å². The maximum atomic E-state index is 13.6. The molecule has 2 heterocycles. The van der Waals surface area contributed by atoms with Crippen LogP contribution in [0.5, 0.6) is 0 Å². The van der Waals surface area contributed by atoms with Gasteiger partial charge in [-0.1, -0.05) is 49.9 Å². The minimum atomic E-state index is -4.57. The van der Waals surface area contributed by atoms with Crippen molar-refractivity contribution in [2.24, 2.45) is 13.0 Å². The predicted octanol–water partition coefficient (Wildman–Crippen LogP) is 5.54. The number of hydrogen-bond donors (Lipinski definition) is 1. The molecule has 0 spiro atoms. The molecule has 0 unspecified atom stereocenters. The van der Waals surface area contributed by atoms with E-state index < -0.39 is 29.6 Å². The highest BCUT2D eigenvalue weighted by Gasteiger charge is 2.40. The summed E-state index contributed by atoms with van der Waals surface area (Å²) in [5.74, 6) is -0.470. The summed E-state index contributed by atoms with van der Waals surface area (Å²) in [6, 6.07) is 11.1. The number of nitrogens with one attached hydrogen (secondary N) is 1. The SMILES string of the molecule is CC(C)CCNC(=O)[C@@H]1c2c(n(C)c3ccccc23)SCC(=O)N1c1cccc(C(F)(F)F)c1. The van der Waals surface area contributed by atoms with Gasteiger partial charge in [0.1, 0.15) is 6.04 Å². The number of aryl methyl sites for hydroxylation is 1. The van der Waals surface area contributed by atoms with E-state index in [1.165, 1.54) is 28.8 Å². The van der Waals surface area contributed by atoms with E-state index in [4.69, 9.17) is 0 Å². The number of hydrogen-bond acceptors (Lipinski definition) is 3. The first-order valence-corrected chi connectivity index (χ1v) is 12.0. The average Bonchev–Trinajstić information content (AvgIpc) is 2.96. The maximum Gasteiger partial charge on any atom is 0.416 e. The number of halogens is 3. The number of fused-ring (bicyclic) bond motifs is 3. The standard InChI is InChI=1S/C25H26F3N3O2S/c1-15(2)11-12-29-23(33)22-21-18-9-4-5-10-19(18)30(3)24(21)34-14-20(32)31(22)17-8-6-7-16(13-17)25(26,27)28/h4-10,13,15,22H,11-12,14H2,1-3H3,(H,29,33)/t22-/m0/s1. The van der Waals surface area contributed by atoms with Gasteiger partial charge in [0.25, 0.3) is 0 Å². The molecule has 0 aliphatic carbocycles. The Bertz CT molecular complexity index is 1240. The zero-order valence-corrected chi connectivity index (χ0v) is 20.0. The molecule has 0 fully saturated rings. The largest absolute Gasteiger partial charge is 0.416 e. The van der Waals surface area contributed by atoms with E-state index in [1.807, 2.05) is 49.7 Å². The first-order chi connectivity index (χ1) is 16.1. The van der Waals surface area contributed by atoms with Crippen molar-refractivity contribution in [1.29, 1.82) is 0 Å². The third-order valence-electron chi connectivity index (χ3n) is 5.94. The Labute approximate surface area is 200 Å². The van der Waals surface area contributed by atoms with Crippen molar-refractivity contribution >= 4 is 40.2 Å². The van der Waals surface area contributed by atoms with Gasteiger partial charge >= 0.3 is 6.18 Å². The number of rotatable bonds is 5. The first kappa shape index (κ1) is 24.2. The smallest absolute Gasteiger partial charge is 0.354 e. The number of thioether (sulfide) groups is 1. The lowest BCUT2D eigenvalue weighted by Gasteiger charge is -2.30. The van der Waals surface area contributed by atoms with Crippen LogP contribution < -0.4 is 10.2 Å². The Kier molecular flexibility index (Phi) is 6.66. The van der Waals surface area contributed by atoms with E-state index >= 15 is 0 Å². The molecular formula is C25H26F3N3O2S. The molecular weight excluding hydrogens is 463 g/mol. The first-order valence-electron chi connectivity index (χ1n) is 11.1. The zero-order valence-electron chi connectivity index (χ0n) is 19.1. The monoisotopic (exact) mass is 489 g/mol. The van der Waals surface area contributed by atoms with Crippen LogP contribution in [0.4, 0.5) is 18.9 Å². The van der Waals surface area contributed by atoms with Gasteiger partial charge in [-0.25, -0.2) is 0 Å². The van der Waals surface area contributed by atoms with Gasteiger partial charge in [0.2, 0.25) is 11.8 Å². The molecule has 1 aliphatic rings. The van der Waals surface area contributed by atoms with Crippen LogP contribution in [0.25, 0.3) is 10.9 Å². The molecule has 5 nitrogen and oxygen atoms in total. The number of aromatic nitrogens is 1. The molecule has 0 radical (unpaired) electrons. The molecule has 1 N–H and O–H groups in total. The maximum absolute atomic E-state index is 13.6. The predicted molar refractivity (Wildman–Crippen MR) is 128 cm³/mol. The van der Waals surface area contributed by atoms with Crippen LogP contribution >= 0.6 is 11.8 Å². The third kappa shape index (κ3) is 4.53. The third-order valence-corrected chi connectivity index (χ3v) is 7.10. The Morgan fingerprint density at radius 3 is 2.62 bits per heavy atom. The van der Waals surface area contributed by atoms with E-state index in [2.05, 4.69) is 5.32 Å². The minimum Gasteiger partial charge on any atom is -0.354 e. The topological polar surface area (TPSA) is 54.3 Å². The molecule has 0 saturated heterocycles. The second-order valence-corrected chi connectivity index (χ2v) is 9.74. The Hall–Kier alpha value is -2.94. The fourth-order valence-electron chi connectivity index (χ4n) is 4.26. The van der Waals surface area contributed by atoms with Crippen LogP contribution in [0.1, 0.15) is 37.4 Å². The fraction of sp³-hybridized carbons (Fsp3) is 0.360. The molecule has 180 valence electrons. The second kappa shape index (κ2) is 9.37. The number of carbonyl (C=O) groups is 2. The summed E-state index contributed by atoms with van der Waals surface area (Å²) in [4.78, 5) is 28.2. The van der Waals surface area contributed by atoms with Gasteiger partial charge in [-0.2, -0.15) is 13.2 Å². The number of benzene rings is 2. The number of anilines is 1. The Morgan fingerprint density at radius 2 is 1.91 bits per heavy atom. The quantitative estimate of drug-likeness (QED) is 0.512. The highest BCUT2D eigenvalue weighted by Crippen LogP contribution is 2.44. The molecule has 2 aromatic carbocycles. The summed E-state index contributed by atoms with van der Waals surface area (Å²) in [5, 5.41) is 4.47. The molecule has 2 amide bonds. The van der Waals surface area contributed by atoms with Crippen molar-refractivity contribution < 1.29 is 22.8 Å². The van der Waals surface area contributed by atoms with Crippen LogP contribution in [0.3, 0.4) is 0 Å². The lowest BCUT2D eigenvalue weighted by molar-refractivity contribution is -0.137. The van der Waals surface area contributed by atoms with Crippen molar-refractivity contribution in [3.63, 3.8) is 0 Å². The molecule has 34 heavy (non-hydrogen) atoms. The summed E-state index contributed by atoms with van der Waals surface area (Å²) in [5.41, 5.74) is 0.698. The van der Waals surface area contributed by atoms with Gasteiger partial charge in [-0.3, -0.25) is 14.5 Å². The van der Waals surface area contributed by atoms with Crippen LogP contribution in [-0.4, -0.2) is 28.7 Å². The van der Waals surface area contributed by atoms with E-state index in [1.54, 1.807) is 0 Å². The number of alkyl halides is 3. The molecule has 9 heteroatoms. The van der Waals surface area contributed by atoms with Gasteiger partial charge in [0, 0.05) is 35.7 Å². The molecule has 0 bridgehead atoms. The van der Waals surface area contributed by atoms with Crippen LogP contribution in [0.15, 0.2) is 53.6 Å². The van der Waals surface area contributed by atoms with Gasteiger partial charge in [0.15, 0.2) is 0 Å². The number of carbonyl (C=O) groups excluding carboxylic acids is 2. The fourth-order valence-corrected chi connectivity index (χ4v) is 5.33. The lowest BCUT2D eigenvalue weighted by atomic mass is 10.0. The van der Waals surface area contributed by atoms with Crippen molar-refractivity contribution in [2.45, 2.75) is 37.5 Å². The number of amides is 2. The summed E-state index contributed by atoms with van der Waals surface area (Å²) < 4.78 is 42.3. The normalized spacial score (nSPS) is 16.6. The van der Waals surface area contributed by atoms with Crippen molar-refractivity contribution in [2.75, 3.05) is 17.2 Å². The summed E-state index contributed by atoms with van der Waals surface area (Å²) in [6.07, 6.45) is -3.83. The van der Waals surface area contributed by atoms with Gasteiger partial charge in [-0.15, -0.1) is 0 Å². The van der Waals surface area contributed by atoms with E-state index in [0.717, 1.165) is 34.5 Å². The second-order valence-electron chi connectivity index (χ2n) is 8.77. The average molecular weight is 490 g/mol. The van der Waals surface area contributed by atoms with E-state index in [-0.39, 0.29) is 11.4 Å². The molecule has 0 saturated carbocycles. The zero-order chi connectivity index (χ0) is 24.6. The van der Waals surface area contributed by atoms with Crippen molar-refractivity contribution in [1.82, 2.24) is 9.88 Å². The highest BCUT2D eigenvalue weighted by atomic mass is 32.2. The molecule has 1 aromatic heterocycles. The summed E-state index contributed by atoms with van der Waals surface area (Å²) in [7, 11) is 1.87. The van der Waals surface area contributed by atoms with Crippen LogP contribution in [0.2, 0.25) is 0 Å². The Balaban J connectivity index is 1.90.